The summed E-state index contributed by atoms with van der Waals surface area (Å²) in [5.41, 5.74) is 3.46. The van der Waals surface area contributed by atoms with Gasteiger partial charge in [0.1, 0.15) is 17.2 Å². The van der Waals surface area contributed by atoms with E-state index in [4.69, 9.17) is 4.74 Å². The topological polar surface area (TPSA) is 31.5 Å². The quantitative estimate of drug-likeness (QED) is 0.690. The first kappa shape index (κ1) is 10.9. The molecular formula is C14H15N3O. The Bertz CT molecular complexity index is 657. The van der Waals surface area contributed by atoms with Gasteiger partial charge in [-0.25, -0.2) is 0 Å². The lowest BCUT2D eigenvalue weighted by Gasteiger charge is -2.01. The minimum atomic E-state index is 0.875. The molecule has 92 valence electrons. The number of ether oxygens (including phenoxy) is 1. The molecule has 0 bridgehead atoms. The van der Waals surface area contributed by atoms with Gasteiger partial charge in [-0.3, -0.25) is 9.08 Å². The van der Waals surface area contributed by atoms with E-state index in [0.29, 0.717) is 0 Å². The van der Waals surface area contributed by atoms with Gasteiger partial charge in [0.05, 0.1) is 7.11 Å². The molecule has 0 saturated carbocycles. The Balaban J connectivity index is 2.10. The van der Waals surface area contributed by atoms with E-state index < -0.39 is 0 Å². The molecular weight excluding hydrogens is 226 g/mol. The van der Waals surface area contributed by atoms with Gasteiger partial charge in [0.25, 0.3) is 0 Å². The van der Waals surface area contributed by atoms with Crippen molar-refractivity contribution >= 4 is 5.65 Å². The highest BCUT2D eigenvalue weighted by molar-refractivity contribution is 5.69. The van der Waals surface area contributed by atoms with E-state index in [0.717, 1.165) is 17.2 Å². The van der Waals surface area contributed by atoms with Gasteiger partial charge in [-0.1, -0.05) is 12.1 Å². The van der Waals surface area contributed by atoms with Gasteiger partial charge in [-0.2, -0.15) is 5.10 Å². The summed E-state index contributed by atoms with van der Waals surface area (Å²) >= 11 is 0. The molecule has 2 heterocycles. The first-order valence-corrected chi connectivity index (χ1v) is 5.85. The van der Waals surface area contributed by atoms with Crippen LogP contribution in [-0.2, 0) is 7.05 Å². The standard InChI is InChI=1S/C14H15N3O/c1-10-15-16(2)14-8-12(9-17(10)14)11-4-6-13(18-3)7-5-11/h4-9H,1-3H3. The number of rotatable bonds is 2. The monoisotopic (exact) mass is 241 g/mol. The fraction of sp³-hybridized carbons (Fsp3) is 0.214. The molecule has 0 aliphatic carbocycles. The van der Waals surface area contributed by atoms with E-state index >= 15 is 0 Å². The minimum Gasteiger partial charge on any atom is -0.497 e. The van der Waals surface area contributed by atoms with Crippen LogP contribution in [0.1, 0.15) is 5.82 Å². The van der Waals surface area contributed by atoms with E-state index in [1.54, 1.807) is 7.11 Å². The summed E-state index contributed by atoms with van der Waals surface area (Å²) in [6.07, 6.45) is 2.11. The number of fused-ring (bicyclic) bond motifs is 1. The Labute approximate surface area is 105 Å². The van der Waals surface area contributed by atoms with Gasteiger partial charge in [0.15, 0.2) is 0 Å². The molecule has 2 aromatic heterocycles. The molecule has 4 nitrogen and oxygen atoms in total. The third kappa shape index (κ3) is 1.57. The van der Waals surface area contributed by atoms with Crippen molar-refractivity contribution in [1.82, 2.24) is 14.2 Å². The predicted molar refractivity (Wildman–Crippen MR) is 70.9 cm³/mol. The Morgan fingerprint density at radius 3 is 2.44 bits per heavy atom. The zero-order valence-electron chi connectivity index (χ0n) is 10.7. The Morgan fingerprint density at radius 1 is 1.11 bits per heavy atom. The molecule has 3 aromatic rings. The van der Waals surface area contributed by atoms with Crippen LogP contribution in [0.15, 0.2) is 36.5 Å². The molecule has 3 rings (SSSR count). The molecule has 4 heteroatoms. The lowest BCUT2D eigenvalue weighted by Crippen LogP contribution is -1.88. The average Bonchev–Trinajstić information content (AvgIpc) is 2.93. The van der Waals surface area contributed by atoms with Crippen LogP contribution < -0.4 is 4.74 Å². The zero-order valence-corrected chi connectivity index (χ0v) is 10.7. The van der Waals surface area contributed by atoms with E-state index in [-0.39, 0.29) is 0 Å². The SMILES string of the molecule is COc1ccc(-c2cc3n(C)nc(C)n3c2)cc1. The van der Waals surface area contributed by atoms with Crippen molar-refractivity contribution in [2.75, 3.05) is 7.11 Å². The van der Waals surface area contributed by atoms with Crippen molar-refractivity contribution in [3.63, 3.8) is 0 Å². The number of aryl methyl sites for hydroxylation is 2. The first-order valence-electron chi connectivity index (χ1n) is 5.85. The van der Waals surface area contributed by atoms with Crippen LogP contribution in [0.5, 0.6) is 5.75 Å². The van der Waals surface area contributed by atoms with E-state index in [9.17, 15) is 0 Å². The third-order valence-corrected chi connectivity index (χ3v) is 3.20. The fourth-order valence-corrected chi connectivity index (χ4v) is 2.22. The number of nitrogens with zero attached hydrogens (tertiary/aromatic N) is 3. The van der Waals surface area contributed by atoms with Crippen LogP contribution in [-0.4, -0.2) is 21.3 Å². The number of benzene rings is 1. The van der Waals surface area contributed by atoms with Crippen molar-refractivity contribution in [2.24, 2.45) is 7.05 Å². The Morgan fingerprint density at radius 2 is 1.83 bits per heavy atom. The summed E-state index contributed by atoms with van der Waals surface area (Å²) in [4.78, 5) is 0. The van der Waals surface area contributed by atoms with E-state index in [2.05, 4.69) is 33.9 Å². The van der Waals surface area contributed by atoms with Crippen molar-refractivity contribution in [2.45, 2.75) is 6.92 Å². The highest BCUT2D eigenvalue weighted by Crippen LogP contribution is 2.25. The summed E-state index contributed by atoms with van der Waals surface area (Å²) in [6.45, 7) is 2.00. The zero-order chi connectivity index (χ0) is 12.7. The number of hydrogen-bond donors (Lipinski definition) is 0. The highest BCUT2D eigenvalue weighted by atomic mass is 16.5. The molecule has 0 fully saturated rings. The molecule has 0 atom stereocenters. The lowest BCUT2D eigenvalue weighted by atomic mass is 10.1. The number of methoxy groups -OCH3 is 1. The molecule has 0 unspecified atom stereocenters. The maximum Gasteiger partial charge on any atom is 0.135 e. The molecule has 0 N–H and O–H groups in total. The Hall–Kier alpha value is -2.23. The van der Waals surface area contributed by atoms with Crippen LogP contribution >= 0.6 is 0 Å². The first-order chi connectivity index (χ1) is 8.69. The molecule has 0 amide bonds. The van der Waals surface area contributed by atoms with Crippen LogP contribution in [0.3, 0.4) is 0 Å². The number of hydrogen-bond acceptors (Lipinski definition) is 2. The van der Waals surface area contributed by atoms with Gasteiger partial charge < -0.3 is 4.74 Å². The molecule has 0 spiro atoms. The van der Waals surface area contributed by atoms with Crippen molar-refractivity contribution < 1.29 is 4.74 Å². The average molecular weight is 241 g/mol. The van der Waals surface area contributed by atoms with Gasteiger partial charge in [0.2, 0.25) is 0 Å². The molecule has 0 saturated heterocycles. The van der Waals surface area contributed by atoms with Crippen LogP contribution in [0, 0.1) is 6.92 Å². The van der Waals surface area contributed by atoms with E-state index in [1.165, 1.54) is 11.1 Å². The summed E-state index contributed by atoms with van der Waals surface area (Å²) < 4.78 is 9.16. The summed E-state index contributed by atoms with van der Waals surface area (Å²) in [7, 11) is 3.64. The van der Waals surface area contributed by atoms with Crippen molar-refractivity contribution in [3.05, 3.63) is 42.4 Å². The van der Waals surface area contributed by atoms with Crippen LogP contribution in [0.25, 0.3) is 16.8 Å². The van der Waals surface area contributed by atoms with Crippen molar-refractivity contribution in [1.29, 1.82) is 0 Å². The summed E-state index contributed by atoms with van der Waals surface area (Å²) in [5, 5.41) is 4.37. The lowest BCUT2D eigenvalue weighted by molar-refractivity contribution is 0.415. The largest absolute Gasteiger partial charge is 0.497 e. The van der Waals surface area contributed by atoms with Gasteiger partial charge >= 0.3 is 0 Å². The fourth-order valence-electron chi connectivity index (χ4n) is 2.22. The molecule has 0 aliphatic rings. The molecule has 18 heavy (non-hydrogen) atoms. The van der Waals surface area contributed by atoms with Gasteiger partial charge in [0, 0.05) is 18.8 Å². The van der Waals surface area contributed by atoms with E-state index in [1.807, 2.05) is 30.8 Å². The van der Waals surface area contributed by atoms with Gasteiger partial charge in [-0.15, -0.1) is 0 Å². The molecule has 0 radical (unpaired) electrons. The Kier molecular flexibility index (Phi) is 2.37. The number of aromatic nitrogens is 3. The third-order valence-electron chi connectivity index (χ3n) is 3.20. The second kappa shape index (κ2) is 3.91. The molecule has 1 aromatic carbocycles. The summed E-state index contributed by atoms with van der Waals surface area (Å²) in [5.74, 6) is 1.87. The van der Waals surface area contributed by atoms with Crippen LogP contribution in [0.2, 0.25) is 0 Å². The highest BCUT2D eigenvalue weighted by Gasteiger charge is 2.08. The second-order valence-corrected chi connectivity index (χ2v) is 4.36. The maximum atomic E-state index is 5.17. The normalized spacial score (nSPS) is 11.1. The minimum absolute atomic E-state index is 0.875. The van der Waals surface area contributed by atoms with Gasteiger partial charge in [-0.05, 0) is 30.7 Å². The van der Waals surface area contributed by atoms with Crippen molar-refractivity contribution in [3.8, 4) is 16.9 Å². The summed E-state index contributed by atoms with van der Waals surface area (Å²) in [6, 6.07) is 10.2. The van der Waals surface area contributed by atoms with Crippen LogP contribution in [0.4, 0.5) is 0 Å². The second-order valence-electron chi connectivity index (χ2n) is 4.36. The molecule has 0 aliphatic heterocycles. The predicted octanol–water partition coefficient (Wildman–Crippen LogP) is 2.66. The smallest absolute Gasteiger partial charge is 0.135 e. The maximum absolute atomic E-state index is 5.17.